The third-order valence-electron chi connectivity index (χ3n) is 4.94. The molecule has 0 saturated carbocycles. The van der Waals surface area contributed by atoms with Gasteiger partial charge in [0, 0.05) is 32.0 Å². The molecule has 1 saturated heterocycles. The molecule has 2 atom stereocenters. The lowest BCUT2D eigenvalue weighted by Crippen LogP contribution is -2.46. The number of halogens is 1. The predicted octanol–water partition coefficient (Wildman–Crippen LogP) is 3.64. The second kappa shape index (κ2) is 7.83. The van der Waals surface area contributed by atoms with E-state index in [1.54, 1.807) is 30.3 Å². The van der Waals surface area contributed by atoms with Crippen LogP contribution in [0.3, 0.4) is 0 Å². The van der Waals surface area contributed by atoms with Crippen LogP contribution >= 0.6 is 0 Å². The van der Waals surface area contributed by atoms with E-state index in [9.17, 15) is 14.3 Å². The van der Waals surface area contributed by atoms with Crippen LogP contribution in [0.5, 0.6) is 0 Å². The molecule has 1 fully saturated rings. The summed E-state index contributed by atoms with van der Waals surface area (Å²) in [5.74, 6) is 1.09. The van der Waals surface area contributed by atoms with Crippen molar-refractivity contribution < 1.29 is 18.7 Å². The maximum atomic E-state index is 13.8. The quantitative estimate of drug-likeness (QED) is 0.900. The third kappa shape index (κ3) is 4.10. The smallest absolute Gasteiger partial charge is 0.223 e. The van der Waals surface area contributed by atoms with E-state index in [4.69, 9.17) is 4.42 Å². The van der Waals surface area contributed by atoms with E-state index in [2.05, 4.69) is 6.92 Å². The summed E-state index contributed by atoms with van der Waals surface area (Å²) in [6, 6.07) is 10.2. The Morgan fingerprint density at radius 2 is 2.08 bits per heavy atom. The molecule has 2 unspecified atom stereocenters. The zero-order valence-corrected chi connectivity index (χ0v) is 14.5. The fraction of sp³-hybridized carbons (Fsp3) is 0.450. The van der Waals surface area contributed by atoms with Gasteiger partial charge >= 0.3 is 0 Å². The van der Waals surface area contributed by atoms with Gasteiger partial charge in [-0.05, 0) is 49.9 Å². The number of likely N-dealkylation sites (tertiary alicyclic amines) is 1. The molecule has 0 spiro atoms. The summed E-state index contributed by atoms with van der Waals surface area (Å²) in [4.78, 5) is 14.4. The Labute approximate surface area is 147 Å². The number of aryl methyl sites for hydroxylation is 1. The molecule has 2 aromatic rings. The van der Waals surface area contributed by atoms with Crippen molar-refractivity contribution in [3.8, 4) is 11.3 Å². The summed E-state index contributed by atoms with van der Waals surface area (Å²) in [7, 11) is 0. The van der Waals surface area contributed by atoms with Crippen molar-refractivity contribution in [2.24, 2.45) is 5.92 Å². The van der Waals surface area contributed by atoms with Gasteiger partial charge < -0.3 is 14.4 Å². The van der Waals surface area contributed by atoms with Crippen LogP contribution in [0, 0.1) is 11.7 Å². The number of nitrogens with zero attached hydrogens (tertiary/aromatic N) is 1. The highest BCUT2D eigenvalue weighted by Gasteiger charge is 2.28. The number of amides is 1. The van der Waals surface area contributed by atoms with E-state index in [1.807, 2.05) is 4.90 Å². The third-order valence-corrected chi connectivity index (χ3v) is 4.94. The Kier molecular flexibility index (Phi) is 5.53. The molecule has 2 heterocycles. The van der Waals surface area contributed by atoms with Crippen LogP contribution in [-0.4, -0.2) is 35.1 Å². The van der Waals surface area contributed by atoms with Crippen molar-refractivity contribution in [2.75, 3.05) is 13.2 Å². The van der Waals surface area contributed by atoms with Crippen molar-refractivity contribution in [1.82, 2.24) is 4.90 Å². The van der Waals surface area contributed by atoms with Crippen molar-refractivity contribution in [2.45, 2.75) is 38.6 Å². The molecule has 0 aliphatic carbocycles. The molecule has 134 valence electrons. The Morgan fingerprint density at radius 1 is 1.28 bits per heavy atom. The van der Waals surface area contributed by atoms with Gasteiger partial charge in [0.25, 0.3) is 0 Å². The number of hydrogen-bond acceptors (Lipinski definition) is 3. The van der Waals surface area contributed by atoms with E-state index in [0.717, 1.165) is 12.8 Å². The van der Waals surface area contributed by atoms with Crippen LogP contribution < -0.4 is 0 Å². The zero-order chi connectivity index (χ0) is 17.8. The molecule has 0 bridgehead atoms. The molecule has 1 aliphatic heterocycles. The first-order valence-electron chi connectivity index (χ1n) is 8.82. The number of carbonyl (C=O) groups excluding carboxylic acids is 1. The highest BCUT2D eigenvalue weighted by molar-refractivity contribution is 5.76. The number of aliphatic hydroxyl groups excluding tert-OH is 1. The predicted molar refractivity (Wildman–Crippen MR) is 93.4 cm³/mol. The van der Waals surface area contributed by atoms with Gasteiger partial charge in [-0.2, -0.15) is 0 Å². The Morgan fingerprint density at radius 3 is 2.84 bits per heavy atom. The van der Waals surface area contributed by atoms with E-state index < -0.39 is 0 Å². The van der Waals surface area contributed by atoms with Gasteiger partial charge in [-0.25, -0.2) is 4.39 Å². The minimum absolute atomic E-state index is 0.0782. The number of carbonyl (C=O) groups is 1. The minimum Gasteiger partial charge on any atom is -0.461 e. The molecule has 1 N–H and O–H groups in total. The molecular weight excluding hydrogens is 321 g/mol. The lowest BCUT2D eigenvalue weighted by atomic mass is 9.93. The van der Waals surface area contributed by atoms with Crippen molar-refractivity contribution in [1.29, 1.82) is 0 Å². The summed E-state index contributed by atoms with van der Waals surface area (Å²) in [6.45, 7) is 2.80. The number of rotatable bonds is 5. The molecule has 1 aromatic heterocycles. The van der Waals surface area contributed by atoms with Gasteiger partial charge in [0.05, 0.1) is 5.56 Å². The normalized spacial score (nSPS) is 20.7. The monoisotopic (exact) mass is 345 g/mol. The molecule has 1 aromatic carbocycles. The van der Waals surface area contributed by atoms with Gasteiger partial charge in [0.2, 0.25) is 5.91 Å². The van der Waals surface area contributed by atoms with E-state index in [0.29, 0.717) is 36.5 Å². The summed E-state index contributed by atoms with van der Waals surface area (Å²) < 4.78 is 19.5. The molecule has 1 aliphatic rings. The fourth-order valence-electron chi connectivity index (χ4n) is 3.37. The molecule has 3 rings (SSSR count). The maximum absolute atomic E-state index is 13.8. The Hall–Kier alpha value is -2.14. The van der Waals surface area contributed by atoms with Gasteiger partial charge in [-0.15, -0.1) is 0 Å². The van der Waals surface area contributed by atoms with Gasteiger partial charge in [-0.3, -0.25) is 4.79 Å². The van der Waals surface area contributed by atoms with E-state index >= 15 is 0 Å². The van der Waals surface area contributed by atoms with E-state index in [1.165, 1.54) is 6.07 Å². The second-order valence-corrected chi connectivity index (χ2v) is 6.77. The average molecular weight is 345 g/mol. The lowest BCUT2D eigenvalue weighted by Gasteiger charge is -2.37. The average Bonchev–Trinajstić information content (AvgIpc) is 3.09. The van der Waals surface area contributed by atoms with Gasteiger partial charge in [0.15, 0.2) is 0 Å². The Balaban J connectivity index is 1.60. The fourth-order valence-corrected chi connectivity index (χ4v) is 3.37. The zero-order valence-electron chi connectivity index (χ0n) is 14.5. The second-order valence-electron chi connectivity index (χ2n) is 6.77. The van der Waals surface area contributed by atoms with Gasteiger partial charge in [-0.1, -0.05) is 12.1 Å². The molecule has 4 nitrogen and oxygen atoms in total. The van der Waals surface area contributed by atoms with Crippen LogP contribution in [0.2, 0.25) is 0 Å². The van der Waals surface area contributed by atoms with Crippen LogP contribution in [0.4, 0.5) is 4.39 Å². The number of hydrogen-bond donors (Lipinski definition) is 1. The van der Waals surface area contributed by atoms with Crippen molar-refractivity contribution in [3.63, 3.8) is 0 Å². The number of aliphatic hydroxyl groups is 1. The largest absolute Gasteiger partial charge is 0.461 e. The highest BCUT2D eigenvalue weighted by atomic mass is 19.1. The number of furan rings is 1. The van der Waals surface area contributed by atoms with Crippen LogP contribution in [0.15, 0.2) is 40.8 Å². The first kappa shape index (κ1) is 17.7. The van der Waals surface area contributed by atoms with Crippen LogP contribution in [0.1, 0.15) is 31.9 Å². The topological polar surface area (TPSA) is 53.7 Å². The first-order chi connectivity index (χ1) is 12.1. The summed E-state index contributed by atoms with van der Waals surface area (Å²) >= 11 is 0. The molecule has 0 radical (unpaired) electrons. The Bertz CT molecular complexity index is 727. The number of piperidine rings is 1. The van der Waals surface area contributed by atoms with Gasteiger partial charge in [0.1, 0.15) is 17.3 Å². The first-order valence-corrected chi connectivity index (χ1v) is 8.82. The summed E-state index contributed by atoms with van der Waals surface area (Å²) in [5, 5.41) is 9.33. The SMILES string of the molecule is CC1CCC(CO)CN1C(=O)CCc1ccc(-c2ccccc2F)o1. The van der Waals surface area contributed by atoms with Crippen molar-refractivity contribution >= 4 is 5.91 Å². The summed E-state index contributed by atoms with van der Waals surface area (Å²) in [6.07, 6.45) is 2.73. The standard InChI is InChI=1S/C20H24FNO3/c1-14-6-7-15(13-23)12-22(14)20(24)11-9-16-8-10-19(25-16)17-4-2-3-5-18(17)21/h2-5,8,10,14-15,23H,6-7,9,11-13H2,1H3. The van der Waals surface area contributed by atoms with Crippen molar-refractivity contribution in [3.05, 3.63) is 48.0 Å². The molecular formula is C20H24FNO3. The molecule has 1 amide bonds. The maximum Gasteiger partial charge on any atom is 0.223 e. The molecule has 25 heavy (non-hydrogen) atoms. The minimum atomic E-state index is -0.323. The van der Waals surface area contributed by atoms with Crippen LogP contribution in [-0.2, 0) is 11.2 Å². The lowest BCUT2D eigenvalue weighted by molar-refractivity contribution is -0.136. The highest BCUT2D eigenvalue weighted by Crippen LogP contribution is 2.26. The molecule has 5 heteroatoms. The summed E-state index contributed by atoms with van der Waals surface area (Å²) in [5.41, 5.74) is 0.426. The van der Waals surface area contributed by atoms with Crippen LogP contribution in [0.25, 0.3) is 11.3 Å². The number of benzene rings is 1. The van der Waals surface area contributed by atoms with E-state index in [-0.39, 0.29) is 30.3 Å².